The molecule has 100 valence electrons. The van der Waals surface area contributed by atoms with Crippen molar-refractivity contribution >= 4 is 0 Å². The summed E-state index contributed by atoms with van der Waals surface area (Å²) in [5.74, 6) is 0. The van der Waals surface area contributed by atoms with E-state index in [0.717, 1.165) is 31.8 Å². The number of nitrogens with zero attached hydrogens (tertiary/aromatic N) is 2. The minimum atomic E-state index is 0.807. The van der Waals surface area contributed by atoms with E-state index in [4.69, 9.17) is 4.74 Å². The van der Waals surface area contributed by atoms with Crippen LogP contribution in [-0.4, -0.2) is 75.4 Å². The highest BCUT2D eigenvalue weighted by molar-refractivity contribution is 4.90. The lowest BCUT2D eigenvalue weighted by Gasteiger charge is -2.25. The molecule has 4 heteroatoms. The fraction of sp³-hybridized carbons (Fsp3) is 1.00. The SMILES string of the molecule is COCCNCCN1CCC2CCC(C1)N2C. The number of ether oxygens (including phenoxy) is 1. The number of rotatable bonds is 6. The van der Waals surface area contributed by atoms with E-state index in [1.165, 1.54) is 38.9 Å². The minimum Gasteiger partial charge on any atom is -0.383 e. The van der Waals surface area contributed by atoms with Crippen LogP contribution in [-0.2, 0) is 4.74 Å². The van der Waals surface area contributed by atoms with Crippen molar-refractivity contribution < 1.29 is 4.74 Å². The van der Waals surface area contributed by atoms with Crippen molar-refractivity contribution in [2.75, 3.05) is 53.5 Å². The van der Waals surface area contributed by atoms with E-state index < -0.39 is 0 Å². The minimum absolute atomic E-state index is 0.807. The van der Waals surface area contributed by atoms with Crippen LogP contribution in [0.15, 0.2) is 0 Å². The Kier molecular flexibility index (Phi) is 5.22. The summed E-state index contributed by atoms with van der Waals surface area (Å²) in [5, 5.41) is 3.43. The summed E-state index contributed by atoms with van der Waals surface area (Å²) in [7, 11) is 4.06. The van der Waals surface area contributed by atoms with Crippen molar-refractivity contribution in [3.05, 3.63) is 0 Å². The predicted octanol–water partition coefficient (Wildman–Crippen LogP) is 0.391. The molecule has 2 aliphatic heterocycles. The van der Waals surface area contributed by atoms with Crippen LogP contribution in [0.3, 0.4) is 0 Å². The van der Waals surface area contributed by atoms with Crippen LogP contribution in [0.1, 0.15) is 19.3 Å². The first-order chi connectivity index (χ1) is 8.31. The Bertz CT molecular complexity index is 225. The Morgan fingerprint density at radius 1 is 1.18 bits per heavy atom. The molecular formula is C13H27N3O. The highest BCUT2D eigenvalue weighted by Gasteiger charge is 2.34. The third-order valence-corrected chi connectivity index (χ3v) is 4.32. The molecule has 2 fully saturated rings. The molecule has 0 amide bonds. The molecule has 2 bridgehead atoms. The Labute approximate surface area is 105 Å². The van der Waals surface area contributed by atoms with Crippen LogP contribution in [0, 0.1) is 0 Å². The smallest absolute Gasteiger partial charge is 0.0587 e. The zero-order valence-corrected chi connectivity index (χ0v) is 11.3. The number of hydrogen-bond acceptors (Lipinski definition) is 4. The largest absolute Gasteiger partial charge is 0.383 e. The quantitative estimate of drug-likeness (QED) is 0.681. The summed E-state index contributed by atoms with van der Waals surface area (Å²) in [6.07, 6.45) is 4.17. The molecule has 2 atom stereocenters. The molecule has 0 saturated carbocycles. The van der Waals surface area contributed by atoms with Gasteiger partial charge in [0.15, 0.2) is 0 Å². The van der Waals surface area contributed by atoms with Gasteiger partial charge < -0.3 is 15.0 Å². The zero-order valence-electron chi connectivity index (χ0n) is 11.3. The van der Waals surface area contributed by atoms with E-state index in [2.05, 4.69) is 22.2 Å². The highest BCUT2D eigenvalue weighted by Crippen LogP contribution is 2.28. The monoisotopic (exact) mass is 241 g/mol. The Balaban J connectivity index is 1.65. The van der Waals surface area contributed by atoms with Gasteiger partial charge in [-0.3, -0.25) is 4.90 Å². The maximum Gasteiger partial charge on any atom is 0.0587 e. The van der Waals surface area contributed by atoms with Gasteiger partial charge in [-0.2, -0.15) is 0 Å². The van der Waals surface area contributed by atoms with Crippen LogP contribution >= 0.6 is 0 Å². The molecular weight excluding hydrogens is 214 g/mol. The number of hydrogen-bond donors (Lipinski definition) is 1. The first-order valence-electron chi connectivity index (χ1n) is 6.95. The molecule has 2 rings (SSSR count). The average molecular weight is 241 g/mol. The summed E-state index contributed by atoms with van der Waals surface area (Å²) in [5.41, 5.74) is 0. The second-order valence-corrected chi connectivity index (χ2v) is 5.38. The van der Waals surface area contributed by atoms with Crippen molar-refractivity contribution in [2.45, 2.75) is 31.3 Å². The number of likely N-dealkylation sites (N-methyl/N-ethyl adjacent to an activating group) is 1. The maximum atomic E-state index is 5.03. The topological polar surface area (TPSA) is 27.7 Å². The standard InChI is InChI=1S/C13H27N3O/c1-15-12-3-4-13(15)11-16(8-5-12)9-6-14-7-10-17-2/h12-14H,3-11H2,1-2H3. The molecule has 2 aliphatic rings. The molecule has 17 heavy (non-hydrogen) atoms. The van der Waals surface area contributed by atoms with Gasteiger partial charge in [0.1, 0.15) is 0 Å². The maximum absolute atomic E-state index is 5.03. The van der Waals surface area contributed by atoms with Crippen molar-refractivity contribution in [3.63, 3.8) is 0 Å². The summed E-state index contributed by atoms with van der Waals surface area (Å²) in [6, 6.07) is 1.66. The summed E-state index contributed by atoms with van der Waals surface area (Å²) < 4.78 is 5.03. The molecule has 0 radical (unpaired) electrons. The Hall–Kier alpha value is -0.160. The average Bonchev–Trinajstić information content (AvgIpc) is 2.56. The van der Waals surface area contributed by atoms with Crippen LogP contribution in [0.4, 0.5) is 0 Å². The Morgan fingerprint density at radius 3 is 2.82 bits per heavy atom. The molecule has 0 aromatic carbocycles. The van der Waals surface area contributed by atoms with E-state index in [1.54, 1.807) is 7.11 Å². The molecule has 0 aromatic rings. The third kappa shape index (κ3) is 3.65. The number of methoxy groups -OCH3 is 1. The van der Waals surface area contributed by atoms with Gasteiger partial charge in [-0.05, 0) is 32.9 Å². The van der Waals surface area contributed by atoms with Crippen molar-refractivity contribution in [3.8, 4) is 0 Å². The molecule has 0 aromatic heterocycles. The number of likely N-dealkylation sites (tertiary alicyclic amines) is 1. The third-order valence-electron chi connectivity index (χ3n) is 4.32. The predicted molar refractivity (Wildman–Crippen MR) is 70.4 cm³/mol. The van der Waals surface area contributed by atoms with Gasteiger partial charge in [0.2, 0.25) is 0 Å². The lowest BCUT2D eigenvalue weighted by molar-refractivity contribution is 0.193. The van der Waals surface area contributed by atoms with Gasteiger partial charge in [-0.25, -0.2) is 0 Å². The molecule has 2 heterocycles. The molecule has 2 unspecified atom stereocenters. The normalized spacial score (nSPS) is 30.7. The lowest BCUT2D eigenvalue weighted by atomic mass is 10.1. The van der Waals surface area contributed by atoms with E-state index in [0.29, 0.717) is 0 Å². The molecule has 0 spiro atoms. The molecule has 4 nitrogen and oxygen atoms in total. The van der Waals surface area contributed by atoms with Gasteiger partial charge in [-0.15, -0.1) is 0 Å². The Morgan fingerprint density at radius 2 is 2.00 bits per heavy atom. The van der Waals surface area contributed by atoms with Crippen molar-refractivity contribution in [1.82, 2.24) is 15.1 Å². The van der Waals surface area contributed by atoms with Gasteiger partial charge in [0, 0.05) is 45.4 Å². The number of fused-ring (bicyclic) bond motifs is 2. The summed E-state index contributed by atoms with van der Waals surface area (Å²) in [4.78, 5) is 5.23. The van der Waals surface area contributed by atoms with Crippen LogP contribution in [0.25, 0.3) is 0 Å². The van der Waals surface area contributed by atoms with Gasteiger partial charge >= 0.3 is 0 Å². The van der Waals surface area contributed by atoms with E-state index >= 15 is 0 Å². The van der Waals surface area contributed by atoms with E-state index in [-0.39, 0.29) is 0 Å². The molecule has 1 N–H and O–H groups in total. The first-order valence-corrected chi connectivity index (χ1v) is 6.95. The summed E-state index contributed by atoms with van der Waals surface area (Å²) >= 11 is 0. The van der Waals surface area contributed by atoms with Crippen LogP contribution in [0.5, 0.6) is 0 Å². The zero-order chi connectivity index (χ0) is 12.1. The highest BCUT2D eigenvalue weighted by atomic mass is 16.5. The van der Waals surface area contributed by atoms with Crippen LogP contribution in [0.2, 0.25) is 0 Å². The van der Waals surface area contributed by atoms with Crippen molar-refractivity contribution in [1.29, 1.82) is 0 Å². The first kappa shape index (κ1) is 13.3. The molecule has 2 saturated heterocycles. The van der Waals surface area contributed by atoms with Gasteiger partial charge in [0.05, 0.1) is 6.61 Å². The van der Waals surface area contributed by atoms with E-state index in [1.807, 2.05) is 0 Å². The number of nitrogens with one attached hydrogen (secondary N) is 1. The fourth-order valence-corrected chi connectivity index (χ4v) is 3.12. The second-order valence-electron chi connectivity index (χ2n) is 5.38. The van der Waals surface area contributed by atoms with Crippen LogP contribution < -0.4 is 5.32 Å². The summed E-state index contributed by atoms with van der Waals surface area (Å²) in [6.45, 7) is 6.59. The van der Waals surface area contributed by atoms with Gasteiger partial charge in [-0.1, -0.05) is 0 Å². The van der Waals surface area contributed by atoms with E-state index in [9.17, 15) is 0 Å². The van der Waals surface area contributed by atoms with Crippen molar-refractivity contribution in [2.24, 2.45) is 0 Å². The molecule has 0 aliphatic carbocycles. The fourth-order valence-electron chi connectivity index (χ4n) is 3.12. The second kappa shape index (κ2) is 6.69. The van der Waals surface area contributed by atoms with Gasteiger partial charge in [0.25, 0.3) is 0 Å². The lowest BCUT2D eigenvalue weighted by Crippen LogP contribution is -2.39.